The lowest BCUT2D eigenvalue weighted by molar-refractivity contribution is 0.449. The maximum Gasteiger partial charge on any atom is 0.196 e. The first-order chi connectivity index (χ1) is 9.02. The summed E-state index contributed by atoms with van der Waals surface area (Å²) in [6.07, 6.45) is 0. The van der Waals surface area contributed by atoms with Crippen molar-refractivity contribution in [3.63, 3.8) is 0 Å². The molecule has 0 aliphatic rings. The summed E-state index contributed by atoms with van der Waals surface area (Å²) in [4.78, 5) is 0. The SMILES string of the molecule is Cc1ccc(Nc2ccc(F)c(F)c2F)c(C#N)c1. The fraction of sp³-hybridized carbons (Fsp3) is 0.0714. The number of nitriles is 1. The number of benzene rings is 2. The first-order valence-electron chi connectivity index (χ1n) is 5.44. The lowest BCUT2D eigenvalue weighted by atomic mass is 10.1. The van der Waals surface area contributed by atoms with Gasteiger partial charge in [-0.25, -0.2) is 13.2 Å². The number of nitrogens with one attached hydrogen (secondary N) is 1. The van der Waals surface area contributed by atoms with E-state index < -0.39 is 17.5 Å². The average Bonchev–Trinajstić information content (AvgIpc) is 2.41. The molecule has 0 amide bonds. The zero-order valence-electron chi connectivity index (χ0n) is 9.97. The Bertz CT molecular complexity index is 675. The fourth-order valence-electron chi connectivity index (χ4n) is 1.63. The number of nitrogens with zero attached hydrogens (tertiary/aromatic N) is 1. The summed E-state index contributed by atoms with van der Waals surface area (Å²) >= 11 is 0. The normalized spacial score (nSPS) is 10.1. The quantitative estimate of drug-likeness (QED) is 0.829. The van der Waals surface area contributed by atoms with Crippen LogP contribution >= 0.6 is 0 Å². The highest BCUT2D eigenvalue weighted by molar-refractivity contribution is 5.67. The molecule has 0 aromatic heterocycles. The van der Waals surface area contributed by atoms with E-state index in [1.54, 1.807) is 18.2 Å². The molecule has 0 fully saturated rings. The van der Waals surface area contributed by atoms with Crippen molar-refractivity contribution < 1.29 is 13.2 Å². The first kappa shape index (κ1) is 13.0. The van der Waals surface area contributed by atoms with Crippen molar-refractivity contribution in [2.45, 2.75) is 6.92 Å². The molecule has 19 heavy (non-hydrogen) atoms. The molecule has 0 unspecified atom stereocenters. The summed E-state index contributed by atoms with van der Waals surface area (Å²) in [6.45, 7) is 1.81. The monoisotopic (exact) mass is 262 g/mol. The Morgan fingerprint density at radius 1 is 1.00 bits per heavy atom. The zero-order chi connectivity index (χ0) is 14.0. The Morgan fingerprint density at radius 2 is 1.68 bits per heavy atom. The molecule has 0 saturated carbocycles. The number of rotatable bonds is 2. The van der Waals surface area contributed by atoms with Crippen LogP contribution in [0.1, 0.15) is 11.1 Å². The molecule has 0 saturated heterocycles. The van der Waals surface area contributed by atoms with Gasteiger partial charge >= 0.3 is 0 Å². The molecule has 2 nitrogen and oxygen atoms in total. The Balaban J connectivity index is 2.43. The van der Waals surface area contributed by atoms with E-state index in [0.29, 0.717) is 11.3 Å². The molecule has 2 aromatic carbocycles. The summed E-state index contributed by atoms with van der Waals surface area (Å²) < 4.78 is 39.4. The van der Waals surface area contributed by atoms with E-state index in [-0.39, 0.29) is 5.69 Å². The maximum atomic E-state index is 13.5. The highest BCUT2D eigenvalue weighted by Gasteiger charge is 2.14. The molecule has 5 heteroatoms. The summed E-state index contributed by atoms with van der Waals surface area (Å²) in [6, 6.07) is 8.76. The second-order valence-corrected chi connectivity index (χ2v) is 4.01. The van der Waals surface area contributed by atoms with Gasteiger partial charge in [0.2, 0.25) is 0 Å². The van der Waals surface area contributed by atoms with Crippen molar-refractivity contribution in [3.05, 3.63) is 58.9 Å². The molecule has 0 atom stereocenters. The lowest BCUT2D eigenvalue weighted by Crippen LogP contribution is -2.00. The van der Waals surface area contributed by atoms with Crippen molar-refractivity contribution in [3.8, 4) is 6.07 Å². The highest BCUT2D eigenvalue weighted by Crippen LogP contribution is 2.25. The Hall–Kier alpha value is -2.48. The van der Waals surface area contributed by atoms with E-state index in [1.165, 1.54) is 0 Å². The molecule has 0 aliphatic carbocycles. The standard InChI is InChI=1S/C14H9F3N2/c1-8-2-4-11(9(6-8)7-18)19-12-5-3-10(15)13(16)14(12)17/h2-6,19H,1H3. The van der Waals surface area contributed by atoms with Crippen LogP contribution in [0, 0.1) is 35.7 Å². The van der Waals surface area contributed by atoms with E-state index in [0.717, 1.165) is 17.7 Å². The van der Waals surface area contributed by atoms with Gasteiger partial charge in [-0.1, -0.05) is 6.07 Å². The summed E-state index contributed by atoms with van der Waals surface area (Å²) in [5.41, 5.74) is 1.27. The molecule has 0 bridgehead atoms. The molecule has 2 rings (SSSR count). The van der Waals surface area contributed by atoms with Crippen molar-refractivity contribution in [2.75, 3.05) is 5.32 Å². The Morgan fingerprint density at radius 3 is 2.37 bits per heavy atom. The maximum absolute atomic E-state index is 13.5. The largest absolute Gasteiger partial charge is 0.352 e. The van der Waals surface area contributed by atoms with Crippen LogP contribution in [0.5, 0.6) is 0 Å². The zero-order valence-corrected chi connectivity index (χ0v) is 9.97. The number of anilines is 2. The van der Waals surface area contributed by atoms with Gasteiger partial charge in [0.25, 0.3) is 0 Å². The van der Waals surface area contributed by atoms with Gasteiger partial charge in [-0.3, -0.25) is 0 Å². The van der Waals surface area contributed by atoms with Crippen LogP contribution in [0.3, 0.4) is 0 Å². The van der Waals surface area contributed by atoms with E-state index in [9.17, 15) is 13.2 Å². The average molecular weight is 262 g/mol. The van der Waals surface area contributed by atoms with Crippen LogP contribution in [0.2, 0.25) is 0 Å². The van der Waals surface area contributed by atoms with Crippen LogP contribution < -0.4 is 5.32 Å². The minimum Gasteiger partial charge on any atom is -0.352 e. The highest BCUT2D eigenvalue weighted by atomic mass is 19.2. The van der Waals surface area contributed by atoms with Crippen molar-refractivity contribution >= 4 is 11.4 Å². The van der Waals surface area contributed by atoms with Crippen LogP contribution in [0.15, 0.2) is 30.3 Å². The molecule has 0 heterocycles. The van der Waals surface area contributed by atoms with E-state index in [1.807, 2.05) is 13.0 Å². The van der Waals surface area contributed by atoms with Crippen molar-refractivity contribution in [2.24, 2.45) is 0 Å². The van der Waals surface area contributed by atoms with Crippen LogP contribution in [0.4, 0.5) is 24.5 Å². The predicted octanol–water partition coefficient (Wildman–Crippen LogP) is 4.03. The number of hydrogen-bond acceptors (Lipinski definition) is 2. The topological polar surface area (TPSA) is 35.8 Å². The molecule has 96 valence electrons. The molecular weight excluding hydrogens is 253 g/mol. The number of halogens is 3. The molecule has 0 radical (unpaired) electrons. The van der Waals surface area contributed by atoms with E-state index in [4.69, 9.17) is 5.26 Å². The minimum atomic E-state index is -1.55. The molecular formula is C14H9F3N2. The smallest absolute Gasteiger partial charge is 0.196 e. The lowest BCUT2D eigenvalue weighted by Gasteiger charge is -2.10. The molecule has 1 N–H and O–H groups in total. The third-order valence-corrected chi connectivity index (χ3v) is 2.60. The predicted molar refractivity (Wildman–Crippen MR) is 65.5 cm³/mol. The summed E-state index contributed by atoms with van der Waals surface area (Å²) in [5.74, 6) is -4.12. The Kier molecular flexibility index (Phi) is 3.43. The summed E-state index contributed by atoms with van der Waals surface area (Å²) in [5, 5.41) is 11.6. The Labute approximate surface area is 108 Å². The van der Waals surface area contributed by atoms with Gasteiger partial charge in [-0.05, 0) is 36.8 Å². The van der Waals surface area contributed by atoms with Gasteiger partial charge < -0.3 is 5.32 Å². The summed E-state index contributed by atoms with van der Waals surface area (Å²) in [7, 11) is 0. The van der Waals surface area contributed by atoms with Gasteiger partial charge in [-0.2, -0.15) is 5.26 Å². The molecule has 0 spiro atoms. The van der Waals surface area contributed by atoms with Gasteiger partial charge in [0, 0.05) is 0 Å². The van der Waals surface area contributed by atoms with Crippen molar-refractivity contribution in [1.29, 1.82) is 5.26 Å². The van der Waals surface area contributed by atoms with E-state index in [2.05, 4.69) is 5.32 Å². The number of aryl methyl sites for hydroxylation is 1. The van der Waals surface area contributed by atoms with Gasteiger partial charge in [0.05, 0.1) is 16.9 Å². The van der Waals surface area contributed by atoms with E-state index >= 15 is 0 Å². The number of hydrogen-bond donors (Lipinski definition) is 1. The first-order valence-corrected chi connectivity index (χ1v) is 5.44. The van der Waals surface area contributed by atoms with Crippen LogP contribution in [0.25, 0.3) is 0 Å². The third-order valence-electron chi connectivity index (χ3n) is 2.60. The van der Waals surface area contributed by atoms with Crippen LogP contribution in [-0.4, -0.2) is 0 Å². The van der Waals surface area contributed by atoms with Gasteiger partial charge in [-0.15, -0.1) is 0 Å². The molecule has 2 aromatic rings. The van der Waals surface area contributed by atoms with Crippen LogP contribution in [-0.2, 0) is 0 Å². The second kappa shape index (κ2) is 5.02. The minimum absolute atomic E-state index is 0.223. The van der Waals surface area contributed by atoms with Gasteiger partial charge in [0.15, 0.2) is 17.5 Å². The van der Waals surface area contributed by atoms with Gasteiger partial charge in [0.1, 0.15) is 6.07 Å². The van der Waals surface area contributed by atoms with Crippen molar-refractivity contribution in [1.82, 2.24) is 0 Å². The fourth-order valence-corrected chi connectivity index (χ4v) is 1.63. The third kappa shape index (κ3) is 2.52. The second-order valence-electron chi connectivity index (χ2n) is 4.01. The molecule has 0 aliphatic heterocycles.